The van der Waals surface area contributed by atoms with Gasteiger partial charge >= 0.3 is 0 Å². The van der Waals surface area contributed by atoms with Crippen LogP contribution in [0.15, 0.2) is 59.1 Å². The minimum absolute atomic E-state index is 0.273. The standard InChI is InChI=1S/C18H22BrN/c1-18(2,3)13-17(14-9-5-4-6-10-14)20-16-12-8-7-11-15(16)19/h4-12,17,20H,13H2,1-3H3. The number of para-hydroxylation sites is 1. The highest BCUT2D eigenvalue weighted by atomic mass is 79.9. The minimum Gasteiger partial charge on any atom is -0.377 e. The molecule has 1 unspecified atom stereocenters. The van der Waals surface area contributed by atoms with Crippen molar-refractivity contribution in [1.82, 2.24) is 0 Å². The Kier molecular flexibility index (Phi) is 4.87. The first-order valence-corrected chi connectivity index (χ1v) is 7.81. The molecule has 2 aromatic rings. The summed E-state index contributed by atoms with van der Waals surface area (Å²) in [7, 11) is 0. The van der Waals surface area contributed by atoms with E-state index in [2.05, 4.69) is 90.5 Å². The molecule has 1 nitrogen and oxygen atoms in total. The van der Waals surface area contributed by atoms with Gasteiger partial charge in [0.05, 0.1) is 6.04 Å². The molecular formula is C18H22BrN. The van der Waals surface area contributed by atoms with Crippen LogP contribution < -0.4 is 5.32 Å². The zero-order chi connectivity index (χ0) is 14.6. The lowest BCUT2D eigenvalue weighted by atomic mass is 9.85. The van der Waals surface area contributed by atoms with Crippen LogP contribution in [0.3, 0.4) is 0 Å². The Morgan fingerprint density at radius 1 is 0.950 bits per heavy atom. The first-order chi connectivity index (χ1) is 9.46. The quantitative estimate of drug-likeness (QED) is 0.720. The van der Waals surface area contributed by atoms with Crippen molar-refractivity contribution in [1.29, 1.82) is 0 Å². The van der Waals surface area contributed by atoms with Gasteiger partial charge in [-0.2, -0.15) is 0 Å². The van der Waals surface area contributed by atoms with E-state index in [1.165, 1.54) is 5.56 Å². The molecule has 0 heterocycles. The lowest BCUT2D eigenvalue weighted by Crippen LogP contribution is -2.18. The summed E-state index contributed by atoms with van der Waals surface area (Å²) in [6.45, 7) is 6.85. The highest BCUT2D eigenvalue weighted by molar-refractivity contribution is 9.10. The Morgan fingerprint density at radius 3 is 2.15 bits per heavy atom. The fourth-order valence-corrected chi connectivity index (χ4v) is 2.72. The van der Waals surface area contributed by atoms with Gasteiger partial charge in [-0.15, -0.1) is 0 Å². The molecule has 0 aliphatic heterocycles. The van der Waals surface area contributed by atoms with E-state index >= 15 is 0 Å². The summed E-state index contributed by atoms with van der Waals surface area (Å²) in [5.74, 6) is 0. The molecule has 20 heavy (non-hydrogen) atoms. The Morgan fingerprint density at radius 2 is 1.55 bits per heavy atom. The molecule has 0 amide bonds. The van der Waals surface area contributed by atoms with Crippen LogP contribution in [0.25, 0.3) is 0 Å². The van der Waals surface area contributed by atoms with Crippen LogP contribution >= 0.6 is 15.9 Å². The third kappa shape index (κ3) is 4.38. The maximum atomic E-state index is 3.67. The maximum absolute atomic E-state index is 3.67. The van der Waals surface area contributed by atoms with E-state index in [9.17, 15) is 0 Å². The summed E-state index contributed by atoms with van der Waals surface area (Å²) >= 11 is 3.61. The zero-order valence-corrected chi connectivity index (χ0v) is 13.9. The van der Waals surface area contributed by atoms with Crippen LogP contribution in [0, 0.1) is 5.41 Å². The number of halogens is 1. The number of rotatable bonds is 4. The van der Waals surface area contributed by atoms with Crippen LogP contribution in [0.4, 0.5) is 5.69 Å². The molecule has 0 fully saturated rings. The van der Waals surface area contributed by atoms with Crippen molar-refractivity contribution in [2.45, 2.75) is 33.2 Å². The molecule has 106 valence electrons. The summed E-state index contributed by atoms with van der Waals surface area (Å²) in [6.07, 6.45) is 1.08. The van der Waals surface area contributed by atoms with Crippen LogP contribution in [0.5, 0.6) is 0 Å². The lowest BCUT2D eigenvalue weighted by Gasteiger charge is -2.28. The molecule has 0 bridgehead atoms. The van der Waals surface area contributed by atoms with Crippen LogP contribution in [0.2, 0.25) is 0 Å². The van der Waals surface area contributed by atoms with Crippen molar-refractivity contribution < 1.29 is 0 Å². The van der Waals surface area contributed by atoms with Gasteiger partial charge in [0.2, 0.25) is 0 Å². The summed E-state index contributed by atoms with van der Waals surface area (Å²) in [5.41, 5.74) is 2.75. The fourth-order valence-electron chi connectivity index (χ4n) is 2.32. The van der Waals surface area contributed by atoms with Crippen molar-refractivity contribution in [3.05, 3.63) is 64.6 Å². The topological polar surface area (TPSA) is 12.0 Å². The third-order valence-electron chi connectivity index (χ3n) is 3.22. The van der Waals surface area contributed by atoms with E-state index in [0.717, 1.165) is 16.6 Å². The Labute approximate surface area is 130 Å². The first kappa shape index (κ1) is 15.1. The molecule has 1 atom stereocenters. The van der Waals surface area contributed by atoms with Gasteiger partial charge in [0.25, 0.3) is 0 Å². The Bertz CT molecular complexity index is 543. The van der Waals surface area contributed by atoms with Gasteiger partial charge in [-0.3, -0.25) is 0 Å². The van der Waals surface area contributed by atoms with E-state index in [1.807, 2.05) is 6.07 Å². The van der Waals surface area contributed by atoms with Crippen molar-refractivity contribution in [3.8, 4) is 0 Å². The van der Waals surface area contributed by atoms with Crippen LogP contribution in [0.1, 0.15) is 38.8 Å². The molecule has 0 aromatic heterocycles. The maximum Gasteiger partial charge on any atom is 0.0519 e. The molecule has 1 N–H and O–H groups in total. The molecule has 0 radical (unpaired) electrons. The second kappa shape index (κ2) is 6.45. The number of nitrogens with one attached hydrogen (secondary N) is 1. The molecule has 0 aliphatic carbocycles. The summed E-state index contributed by atoms with van der Waals surface area (Å²) < 4.78 is 1.11. The molecule has 2 aromatic carbocycles. The van der Waals surface area contributed by atoms with Crippen molar-refractivity contribution in [2.75, 3.05) is 5.32 Å². The largest absolute Gasteiger partial charge is 0.377 e. The second-order valence-electron chi connectivity index (χ2n) is 6.35. The average Bonchev–Trinajstić information content (AvgIpc) is 2.40. The fraction of sp³-hybridized carbons (Fsp3) is 0.333. The van der Waals surface area contributed by atoms with Gasteiger partial charge < -0.3 is 5.32 Å². The lowest BCUT2D eigenvalue weighted by molar-refractivity contribution is 0.352. The second-order valence-corrected chi connectivity index (χ2v) is 7.21. The van der Waals surface area contributed by atoms with E-state index in [-0.39, 0.29) is 5.41 Å². The minimum atomic E-state index is 0.273. The van der Waals surface area contributed by atoms with Crippen molar-refractivity contribution >= 4 is 21.6 Å². The highest BCUT2D eigenvalue weighted by Crippen LogP contribution is 2.34. The zero-order valence-electron chi connectivity index (χ0n) is 12.4. The molecule has 0 saturated carbocycles. The summed E-state index contributed by atoms with van der Waals surface area (Å²) in [4.78, 5) is 0. The molecule has 2 heteroatoms. The van der Waals surface area contributed by atoms with E-state index in [4.69, 9.17) is 0 Å². The summed E-state index contributed by atoms with van der Waals surface area (Å²) in [5, 5.41) is 3.67. The number of anilines is 1. The molecule has 0 saturated heterocycles. The predicted octanol–water partition coefficient (Wildman–Crippen LogP) is 6.04. The molecule has 2 rings (SSSR count). The monoisotopic (exact) mass is 331 g/mol. The molecule has 0 spiro atoms. The SMILES string of the molecule is CC(C)(C)CC(Nc1ccccc1Br)c1ccccc1. The highest BCUT2D eigenvalue weighted by Gasteiger charge is 2.20. The number of hydrogen-bond donors (Lipinski definition) is 1. The molecule has 0 aliphatic rings. The van der Waals surface area contributed by atoms with Crippen LogP contribution in [-0.4, -0.2) is 0 Å². The van der Waals surface area contributed by atoms with Gasteiger partial charge in [-0.1, -0.05) is 63.2 Å². The first-order valence-electron chi connectivity index (χ1n) is 7.02. The Hall–Kier alpha value is -1.28. The van der Waals surface area contributed by atoms with Gasteiger partial charge in [0.15, 0.2) is 0 Å². The van der Waals surface area contributed by atoms with E-state index in [1.54, 1.807) is 0 Å². The van der Waals surface area contributed by atoms with Gasteiger partial charge in [0.1, 0.15) is 0 Å². The van der Waals surface area contributed by atoms with Crippen LogP contribution in [-0.2, 0) is 0 Å². The van der Waals surface area contributed by atoms with E-state index in [0.29, 0.717) is 6.04 Å². The number of hydrogen-bond acceptors (Lipinski definition) is 1. The van der Waals surface area contributed by atoms with Gasteiger partial charge in [-0.25, -0.2) is 0 Å². The van der Waals surface area contributed by atoms with Crippen molar-refractivity contribution in [2.24, 2.45) is 5.41 Å². The van der Waals surface area contributed by atoms with Crippen molar-refractivity contribution in [3.63, 3.8) is 0 Å². The summed E-state index contributed by atoms with van der Waals surface area (Å²) in [6, 6.07) is 19.3. The van der Waals surface area contributed by atoms with Gasteiger partial charge in [-0.05, 0) is 45.5 Å². The smallest absolute Gasteiger partial charge is 0.0519 e. The molecular weight excluding hydrogens is 310 g/mol. The number of benzene rings is 2. The third-order valence-corrected chi connectivity index (χ3v) is 3.91. The normalized spacial score (nSPS) is 13.0. The Balaban J connectivity index is 2.26. The van der Waals surface area contributed by atoms with E-state index < -0.39 is 0 Å². The predicted molar refractivity (Wildman–Crippen MR) is 91.0 cm³/mol. The average molecular weight is 332 g/mol. The van der Waals surface area contributed by atoms with Gasteiger partial charge in [0, 0.05) is 10.2 Å².